The number of nitrogens with zero attached hydrogens (tertiary/aromatic N) is 2. The quantitative estimate of drug-likeness (QED) is 0.841. The van der Waals surface area contributed by atoms with Gasteiger partial charge in [0.25, 0.3) is 5.89 Å². The summed E-state index contributed by atoms with van der Waals surface area (Å²) in [5.41, 5.74) is 0. The summed E-state index contributed by atoms with van der Waals surface area (Å²) in [4.78, 5) is 4.29. The van der Waals surface area contributed by atoms with E-state index in [1.54, 1.807) is 13.2 Å². The van der Waals surface area contributed by atoms with Gasteiger partial charge in [0.2, 0.25) is 0 Å². The molecule has 0 aromatic carbocycles. The van der Waals surface area contributed by atoms with Gasteiger partial charge in [-0.2, -0.15) is 4.98 Å². The van der Waals surface area contributed by atoms with Crippen molar-refractivity contribution in [3.05, 3.63) is 23.7 Å². The lowest BCUT2D eigenvalue weighted by Crippen LogP contribution is -2.24. The molecule has 0 saturated heterocycles. The van der Waals surface area contributed by atoms with E-state index < -0.39 is 0 Å². The van der Waals surface area contributed by atoms with Crippen molar-refractivity contribution in [1.82, 2.24) is 15.5 Å². The fraction of sp³-hybridized carbons (Fsp3) is 0.500. The van der Waals surface area contributed by atoms with Crippen molar-refractivity contribution >= 4 is 0 Å². The number of furan rings is 1. The van der Waals surface area contributed by atoms with Gasteiger partial charge in [0.1, 0.15) is 12.4 Å². The zero-order chi connectivity index (χ0) is 13.0. The van der Waals surface area contributed by atoms with Crippen molar-refractivity contribution in [3.63, 3.8) is 0 Å². The molecule has 2 heterocycles. The van der Waals surface area contributed by atoms with E-state index in [-0.39, 0.29) is 0 Å². The van der Waals surface area contributed by atoms with Gasteiger partial charge < -0.3 is 19.0 Å². The third-order valence-corrected chi connectivity index (χ3v) is 2.61. The third kappa shape index (κ3) is 2.96. The van der Waals surface area contributed by atoms with E-state index in [9.17, 15) is 0 Å². The van der Waals surface area contributed by atoms with Crippen molar-refractivity contribution in [2.45, 2.75) is 26.0 Å². The summed E-state index contributed by atoms with van der Waals surface area (Å²) in [6.45, 7) is 2.48. The number of aromatic nitrogens is 2. The molecular weight excluding hydrogens is 234 g/mol. The van der Waals surface area contributed by atoms with Crippen LogP contribution in [0.1, 0.15) is 18.5 Å². The van der Waals surface area contributed by atoms with Crippen LogP contribution in [0, 0.1) is 0 Å². The Morgan fingerprint density at radius 3 is 3.00 bits per heavy atom. The number of methoxy groups -OCH3 is 1. The molecule has 0 radical (unpaired) electrons. The molecule has 0 amide bonds. The summed E-state index contributed by atoms with van der Waals surface area (Å²) in [5.74, 6) is 2.36. The second kappa shape index (κ2) is 5.79. The van der Waals surface area contributed by atoms with Gasteiger partial charge >= 0.3 is 0 Å². The van der Waals surface area contributed by atoms with Crippen LogP contribution in [0.5, 0.6) is 0 Å². The van der Waals surface area contributed by atoms with Gasteiger partial charge in [-0.25, -0.2) is 0 Å². The lowest BCUT2D eigenvalue weighted by Gasteiger charge is -2.04. The molecule has 1 N–H and O–H groups in total. The molecule has 6 heteroatoms. The van der Waals surface area contributed by atoms with Gasteiger partial charge in [-0.3, -0.25) is 0 Å². The number of likely N-dealkylation sites (N-methyl/N-ethyl adjacent to an activating group) is 1. The molecule has 0 fully saturated rings. The second-order valence-corrected chi connectivity index (χ2v) is 4.11. The molecular formula is C12H17N3O3. The molecule has 18 heavy (non-hydrogen) atoms. The van der Waals surface area contributed by atoms with E-state index in [1.807, 2.05) is 13.1 Å². The molecule has 0 aliphatic heterocycles. The van der Waals surface area contributed by atoms with Crippen LogP contribution in [-0.4, -0.2) is 30.3 Å². The molecule has 6 nitrogen and oxygen atoms in total. The normalized spacial score (nSPS) is 12.8. The van der Waals surface area contributed by atoms with E-state index in [0.29, 0.717) is 36.5 Å². The third-order valence-electron chi connectivity index (χ3n) is 2.61. The second-order valence-electron chi connectivity index (χ2n) is 4.11. The highest BCUT2D eigenvalue weighted by molar-refractivity contribution is 5.44. The predicted octanol–water partition coefficient (Wildman–Crippen LogP) is 1.63. The number of hydrogen-bond acceptors (Lipinski definition) is 6. The average molecular weight is 251 g/mol. The maximum Gasteiger partial charge on any atom is 0.293 e. The fourth-order valence-corrected chi connectivity index (χ4v) is 1.53. The molecule has 2 aromatic rings. The Balaban J connectivity index is 2.08. The molecule has 0 saturated carbocycles. The smallest absolute Gasteiger partial charge is 0.293 e. The van der Waals surface area contributed by atoms with E-state index in [1.165, 1.54) is 0 Å². The zero-order valence-electron chi connectivity index (χ0n) is 10.8. The van der Waals surface area contributed by atoms with Crippen LogP contribution in [0.3, 0.4) is 0 Å². The summed E-state index contributed by atoms with van der Waals surface area (Å²) in [6, 6.07) is 3.93. The number of rotatable bonds is 6. The molecule has 2 aromatic heterocycles. The Morgan fingerprint density at radius 1 is 1.44 bits per heavy atom. The lowest BCUT2D eigenvalue weighted by atomic mass is 10.2. The molecule has 0 bridgehead atoms. The minimum atomic E-state index is 0.302. The molecule has 2 rings (SSSR count). The van der Waals surface area contributed by atoms with Gasteiger partial charge in [-0.1, -0.05) is 5.16 Å². The number of ether oxygens (including phenoxy) is 1. The Kier molecular flexibility index (Phi) is 4.11. The van der Waals surface area contributed by atoms with Gasteiger partial charge in [0.15, 0.2) is 11.6 Å². The topological polar surface area (TPSA) is 73.3 Å². The van der Waals surface area contributed by atoms with Crippen molar-refractivity contribution in [2.24, 2.45) is 0 Å². The summed E-state index contributed by atoms with van der Waals surface area (Å²) in [5, 5.41) is 7.04. The average Bonchev–Trinajstić information content (AvgIpc) is 2.98. The number of hydrogen-bond donors (Lipinski definition) is 1. The molecule has 0 spiro atoms. The minimum absolute atomic E-state index is 0.302. The van der Waals surface area contributed by atoms with E-state index >= 15 is 0 Å². The van der Waals surface area contributed by atoms with Crippen LogP contribution in [0.15, 0.2) is 21.1 Å². The molecule has 0 aliphatic carbocycles. The van der Waals surface area contributed by atoms with Crippen molar-refractivity contribution in [2.75, 3.05) is 14.2 Å². The highest BCUT2D eigenvalue weighted by atomic mass is 16.5. The van der Waals surface area contributed by atoms with Gasteiger partial charge in [0.05, 0.1) is 0 Å². The van der Waals surface area contributed by atoms with Crippen LogP contribution in [0.25, 0.3) is 11.7 Å². The first-order valence-electron chi connectivity index (χ1n) is 5.80. The molecule has 0 aliphatic rings. The highest BCUT2D eigenvalue weighted by Gasteiger charge is 2.14. The van der Waals surface area contributed by atoms with Crippen molar-refractivity contribution in [1.29, 1.82) is 0 Å². The van der Waals surface area contributed by atoms with Gasteiger partial charge in [-0.05, 0) is 26.1 Å². The Hall–Kier alpha value is -1.66. The van der Waals surface area contributed by atoms with Crippen molar-refractivity contribution < 1.29 is 13.7 Å². The predicted molar refractivity (Wildman–Crippen MR) is 64.9 cm³/mol. The highest BCUT2D eigenvalue weighted by Crippen LogP contribution is 2.20. The fourth-order valence-electron chi connectivity index (χ4n) is 1.53. The Bertz CT molecular complexity index is 492. The number of nitrogens with one attached hydrogen (secondary N) is 1. The van der Waals surface area contributed by atoms with E-state index in [2.05, 4.69) is 22.4 Å². The van der Waals surface area contributed by atoms with Crippen molar-refractivity contribution in [3.8, 4) is 11.7 Å². The maximum atomic E-state index is 5.52. The summed E-state index contributed by atoms with van der Waals surface area (Å²) in [7, 11) is 3.52. The van der Waals surface area contributed by atoms with Crippen LogP contribution >= 0.6 is 0 Å². The zero-order valence-corrected chi connectivity index (χ0v) is 10.8. The molecule has 98 valence electrons. The first-order chi connectivity index (χ1) is 8.72. The summed E-state index contributed by atoms with van der Waals surface area (Å²) < 4.78 is 15.7. The van der Waals surface area contributed by atoms with Gasteiger partial charge in [-0.15, -0.1) is 0 Å². The molecule has 1 atom stereocenters. The van der Waals surface area contributed by atoms with Gasteiger partial charge in [0, 0.05) is 19.6 Å². The van der Waals surface area contributed by atoms with Crippen LogP contribution < -0.4 is 5.32 Å². The van der Waals surface area contributed by atoms with E-state index in [4.69, 9.17) is 13.7 Å². The Morgan fingerprint density at radius 2 is 2.28 bits per heavy atom. The van der Waals surface area contributed by atoms with Crippen LogP contribution in [0.4, 0.5) is 0 Å². The largest absolute Gasteiger partial charge is 0.453 e. The summed E-state index contributed by atoms with van der Waals surface area (Å²) >= 11 is 0. The first-order valence-corrected chi connectivity index (χ1v) is 5.80. The van der Waals surface area contributed by atoms with Crippen LogP contribution in [-0.2, 0) is 17.8 Å². The minimum Gasteiger partial charge on any atom is -0.453 e. The first kappa shape index (κ1) is 12.8. The lowest BCUT2D eigenvalue weighted by molar-refractivity contribution is 0.164. The standard InChI is InChI=1S/C12H17N3O3/c1-8(13-2)6-11-14-12(18-15-11)10-5-4-9(17-10)7-16-3/h4-5,8,13H,6-7H2,1-3H3. The monoisotopic (exact) mass is 251 g/mol. The SMILES string of the molecule is CNC(C)Cc1noc(-c2ccc(COC)o2)n1. The maximum absolute atomic E-state index is 5.52. The Labute approximate surface area is 105 Å². The van der Waals surface area contributed by atoms with Crippen LogP contribution in [0.2, 0.25) is 0 Å². The molecule has 1 unspecified atom stereocenters. The summed E-state index contributed by atoms with van der Waals surface area (Å²) in [6.07, 6.45) is 0.714. The van der Waals surface area contributed by atoms with E-state index in [0.717, 1.165) is 5.76 Å².